The van der Waals surface area contributed by atoms with E-state index in [1.54, 1.807) is 0 Å². The van der Waals surface area contributed by atoms with E-state index in [0.29, 0.717) is 12.8 Å². The molecule has 1 aliphatic carbocycles. The third-order valence-corrected chi connectivity index (χ3v) is 6.21. The molecule has 2 aromatic rings. The Balaban J connectivity index is 2.01. The number of hydrogen-bond donors (Lipinski definition) is 1. The van der Waals surface area contributed by atoms with Crippen molar-refractivity contribution in [1.82, 2.24) is 14.3 Å². The van der Waals surface area contributed by atoms with Crippen molar-refractivity contribution in [3.63, 3.8) is 0 Å². The van der Waals surface area contributed by atoms with Gasteiger partial charge in [-0.3, -0.25) is 0 Å². The van der Waals surface area contributed by atoms with E-state index >= 15 is 0 Å². The minimum absolute atomic E-state index is 0.0495. The average Bonchev–Trinajstić information content (AvgIpc) is 3.09. The van der Waals surface area contributed by atoms with Crippen LogP contribution in [0.5, 0.6) is 0 Å². The number of nitrogens with two attached hydrogens (primary N) is 1. The molecule has 6 nitrogen and oxygen atoms in total. The molecule has 9 heteroatoms. The summed E-state index contributed by atoms with van der Waals surface area (Å²) in [7, 11) is -4.01. The van der Waals surface area contributed by atoms with Crippen LogP contribution in [0, 0.1) is 11.6 Å². The van der Waals surface area contributed by atoms with Crippen LogP contribution in [0.1, 0.15) is 31.2 Å². The van der Waals surface area contributed by atoms with Crippen LogP contribution in [0.3, 0.4) is 0 Å². The summed E-state index contributed by atoms with van der Waals surface area (Å²) >= 11 is 0. The lowest BCUT2D eigenvalue weighted by atomic mass is 10.1. The minimum Gasteiger partial charge on any atom is -0.368 e. The molecule has 1 saturated carbocycles. The van der Waals surface area contributed by atoms with Gasteiger partial charge in [-0.25, -0.2) is 27.2 Å². The van der Waals surface area contributed by atoms with Crippen LogP contribution in [0.4, 0.5) is 14.7 Å². The Bertz CT molecular complexity index is 833. The molecule has 134 valence electrons. The monoisotopic (exact) mass is 368 g/mol. The normalized spacial score (nSPS) is 15.8. The first-order valence-corrected chi connectivity index (χ1v) is 9.36. The first-order chi connectivity index (χ1) is 11.9. The zero-order valence-corrected chi connectivity index (χ0v) is 14.2. The lowest BCUT2D eigenvalue weighted by Crippen LogP contribution is -2.38. The quantitative estimate of drug-likeness (QED) is 0.876. The van der Waals surface area contributed by atoms with Gasteiger partial charge in [0, 0.05) is 18.2 Å². The van der Waals surface area contributed by atoms with Gasteiger partial charge in [-0.1, -0.05) is 18.9 Å². The van der Waals surface area contributed by atoms with Gasteiger partial charge in [0.1, 0.15) is 16.5 Å². The van der Waals surface area contributed by atoms with Crippen LogP contribution in [0.2, 0.25) is 0 Å². The molecule has 25 heavy (non-hydrogen) atoms. The summed E-state index contributed by atoms with van der Waals surface area (Å²) in [6, 6.07) is 3.16. The first kappa shape index (κ1) is 17.7. The van der Waals surface area contributed by atoms with E-state index in [4.69, 9.17) is 5.73 Å². The molecule has 0 unspecified atom stereocenters. The lowest BCUT2D eigenvalue weighted by Gasteiger charge is -2.28. The first-order valence-electron chi connectivity index (χ1n) is 7.92. The number of anilines is 1. The minimum atomic E-state index is -4.01. The second kappa shape index (κ2) is 7.01. The maximum absolute atomic E-state index is 14.0. The van der Waals surface area contributed by atoms with Crippen LogP contribution in [-0.4, -0.2) is 28.7 Å². The fourth-order valence-corrected chi connectivity index (χ4v) is 4.58. The Morgan fingerprint density at radius 1 is 1.12 bits per heavy atom. The number of hydrogen-bond acceptors (Lipinski definition) is 5. The predicted molar refractivity (Wildman–Crippen MR) is 87.8 cm³/mol. The van der Waals surface area contributed by atoms with Crippen LogP contribution in [0.25, 0.3) is 0 Å². The third kappa shape index (κ3) is 3.62. The Morgan fingerprint density at radius 3 is 2.24 bits per heavy atom. The topological polar surface area (TPSA) is 89.2 Å². The van der Waals surface area contributed by atoms with E-state index in [2.05, 4.69) is 9.97 Å². The molecule has 1 aromatic carbocycles. The van der Waals surface area contributed by atoms with Gasteiger partial charge in [0.2, 0.25) is 16.0 Å². The van der Waals surface area contributed by atoms with Crippen LogP contribution >= 0.6 is 0 Å². The Morgan fingerprint density at radius 2 is 1.68 bits per heavy atom. The summed E-state index contributed by atoms with van der Waals surface area (Å²) in [6.07, 6.45) is 5.24. The number of sulfonamides is 1. The number of rotatable bonds is 5. The average molecular weight is 368 g/mol. The molecule has 1 aromatic heterocycles. The van der Waals surface area contributed by atoms with Crippen molar-refractivity contribution in [3.8, 4) is 0 Å². The SMILES string of the molecule is Nc1ncc(S(=O)(=O)N(Cc2c(F)cccc2F)C2CCCC2)cn1. The Hall–Kier alpha value is -2.13. The standard InChI is InChI=1S/C16H18F2N4O2S/c17-14-6-3-7-15(18)13(14)10-22(11-4-1-2-5-11)25(23,24)12-8-20-16(19)21-9-12/h3,6-9,11H,1-2,4-5,10H2,(H2,19,20,21). The van der Waals surface area contributed by atoms with Gasteiger partial charge in [-0.2, -0.15) is 4.31 Å². The summed E-state index contributed by atoms with van der Waals surface area (Å²) in [5.74, 6) is -1.59. The lowest BCUT2D eigenvalue weighted by molar-refractivity contribution is 0.307. The van der Waals surface area contributed by atoms with Gasteiger partial charge in [0.25, 0.3) is 0 Å². The molecule has 1 heterocycles. The van der Waals surface area contributed by atoms with Gasteiger partial charge in [-0.15, -0.1) is 0 Å². The molecular weight excluding hydrogens is 350 g/mol. The van der Waals surface area contributed by atoms with Crippen molar-refractivity contribution >= 4 is 16.0 Å². The fraction of sp³-hybridized carbons (Fsp3) is 0.375. The van der Waals surface area contributed by atoms with Gasteiger partial charge < -0.3 is 5.73 Å². The van der Waals surface area contributed by atoms with Crippen molar-refractivity contribution in [2.45, 2.75) is 43.2 Å². The molecule has 0 atom stereocenters. The molecule has 0 radical (unpaired) electrons. The van der Waals surface area contributed by atoms with Gasteiger partial charge in [0.05, 0.1) is 12.4 Å². The van der Waals surface area contributed by atoms with E-state index in [0.717, 1.165) is 41.7 Å². The summed E-state index contributed by atoms with van der Waals surface area (Å²) in [5, 5.41) is 0. The zero-order chi connectivity index (χ0) is 18.0. The fourth-order valence-electron chi connectivity index (χ4n) is 3.04. The molecular formula is C16H18F2N4O2S. The third-order valence-electron chi connectivity index (χ3n) is 4.36. The second-order valence-corrected chi connectivity index (χ2v) is 7.86. The molecule has 1 fully saturated rings. The summed E-state index contributed by atoms with van der Waals surface area (Å²) in [6.45, 7) is -0.379. The van der Waals surface area contributed by atoms with E-state index in [-0.39, 0.29) is 29.0 Å². The largest absolute Gasteiger partial charge is 0.368 e. The number of nitrogen functional groups attached to an aromatic ring is 1. The zero-order valence-electron chi connectivity index (χ0n) is 13.4. The van der Waals surface area contributed by atoms with Crippen molar-refractivity contribution < 1.29 is 17.2 Å². The van der Waals surface area contributed by atoms with E-state index in [1.165, 1.54) is 6.07 Å². The molecule has 0 bridgehead atoms. The van der Waals surface area contributed by atoms with E-state index in [9.17, 15) is 17.2 Å². The van der Waals surface area contributed by atoms with Crippen LogP contribution in [0.15, 0.2) is 35.5 Å². The maximum Gasteiger partial charge on any atom is 0.246 e. The molecule has 2 N–H and O–H groups in total. The highest BCUT2D eigenvalue weighted by Crippen LogP contribution is 2.31. The molecule has 0 saturated heterocycles. The Kier molecular flexibility index (Phi) is 4.96. The number of benzene rings is 1. The molecule has 1 aliphatic rings. The second-order valence-electron chi connectivity index (χ2n) is 5.97. The molecule has 0 amide bonds. The molecule has 3 rings (SSSR count). The van der Waals surface area contributed by atoms with Crippen molar-refractivity contribution in [1.29, 1.82) is 0 Å². The smallest absolute Gasteiger partial charge is 0.246 e. The highest BCUT2D eigenvalue weighted by molar-refractivity contribution is 7.89. The number of halogens is 2. The number of aromatic nitrogens is 2. The summed E-state index contributed by atoms with van der Waals surface area (Å²) in [4.78, 5) is 7.27. The highest BCUT2D eigenvalue weighted by atomic mass is 32.2. The maximum atomic E-state index is 14.0. The Labute approximate surface area is 144 Å². The van der Waals surface area contributed by atoms with Gasteiger partial charge in [0.15, 0.2) is 0 Å². The number of nitrogens with zero attached hydrogens (tertiary/aromatic N) is 3. The summed E-state index contributed by atoms with van der Waals surface area (Å²) < 4.78 is 55.3. The highest BCUT2D eigenvalue weighted by Gasteiger charge is 2.35. The van der Waals surface area contributed by atoms with Gasteiger partial charge in [-0.05, 0) is 25.0 Å². The van der Waals surface area contributed by atoms with Crippen molar-refractivity contribution in [2.24, 2.45) is 0 Å². The molecule has 0 aliphatic heterocycles. The van der Waals surface area contributed by atoms with Crippen molar-refractivity contribution in [3.05, 3.63) is 47.8 Å². The molecule has 0 spiro atoms. The van der Waals surface area contributed by atoms with E-state index in [1.807, 2.05) is 0 Å². The summed E-state index contributed by atoms with van der Waals surface area (Å²) in [5.41, 5.74) is 5.13. The van der Waals surface area contributed by atoms with Crippen LogP contribution < -0.4 is 5.73 Å². The van der Waals surface area contributed by atoms with Crippen molar-refractivity contribution in [2.75, 3.05) is 5.73 Å². The predicted octanol–water partition coefficient (Wildman–Crippen LogP) is 2.47. The van der Waals surface area contributed by atoms with Gasteiger partial charge >= 0.3 is 0 Å². The van der Waals surface area contributed by atoms with E-state index < -0.39 is 21.7 Å². The van der Waals surface area contributed by atoms with Crippen LogP contribution in [-0.2, 0) is 16.6 Å².